The number of rotatable bonds is 17. The van der Waals surface area contributed by atoms with Crippen LogP contribution < -0.4 is 20.1 Å². The van der Waals surface area contributed by atoms with Gasteiger partial charge < -0.3 is 20.1 Å². The third-order valence-electron chi connectivity index (χ3n) is 15.8. The molecule has 11 rings (SSSR count). The molecule has 390 valence electrons. The fraction of sp³-hybridized carbons (Fsp3) is 0.302. The molecule has 2 aliphatic heterocycles. The Bertz CT molecular complexity index is 3240. The summed E-state index contributed by atoms with van der Waals surface area (Å²) in [4.78, 5) is 31.4. The van der Waals surface area contributed by atoms with Gasteiger partial charge in [-0.05, 0) is 134 Å². The molecule has 8 nitrogen and oxygen atoms in total. The largest absolute Gasteiger partial charge is 0.497 e. The number of halogens is 5. The minimum Gasteiger partial charge on any atom is -0.497 e. The molecule has 7 aromatic carbocycles. The molecule has 7 aromatic rings. The monoisotopic (exact) mass is 1030 g/mol. The summed E-state index contributed by atoms with van der Waals surface area (Å²) in [6.07, 6.45) is -2.43. The minimum atomic E-state index is -4.34. The number of amides is 2. The summed E-state index contributed by atoms with van der Waals surface area (Å²) in [5.41, 5.74) is 12.4. The zero-order valence-corrected chi connectivity index (χ0v) is 42.2. The summed E-state index contributed by atoms with van der Waals surface area (Å²) in [5.74, 6) is -0.523. The topological polar surface area (TPSA) is 83.1 Å². The van der Waals surface area contributed by atoms with Gasteiger partial charge in [-0.15, -0.1) is 0 Å². The summed E-state index contributed by atoms with van der Waals surface area (Å²) in [6.45, 7) is 1.70. The highest BCUT2D eigenvalue weighted by atomic mass is 19.4. The number of fused-ring (bicyclic) bond motifs is 2. The van der Waals surface area contributed by atoms with Gasteiger partial charge in [0.05, 0.1) is 26.2 Å². The van der Waals surface area contributed by atoms with Crippen LogP contribution in [0.2, 0.25) is 0 Å². The number of methoxy groups -OCH3 is 1. The lowest BCUT2D eigenvalue weighted by atomic mass is 9.87. The summed E-state index contributed by atoms with van der Waals surface area (Å²) < 4.78 is 81.7. The van der Waals surface area contributed by atoms with Crippen LogP contribution in [-0.2, 0) is 55.2 Å². The zero-order valence-electron chi connectivity index (χ0n) is 42.2. The molecule has 0 saturated heterocycles. The van der Waals surface area contributed by atoms with Crippen molar-refractivity contribution in [2.75, 3.05) is 33.4 Å². The van der Waals surface area contributed by atoms with E-state index in [1.807, 2.05) is 109 Å². The number of carbonyl (C=O) groups excluding carboxylic acids is 2. The van der Waals surface area contributed by atoms with Gasteiger partial charge in [0.25, 0.3) is 0 Å². The van der Waals surface area contributed by atoms with Crippen molar-refractivity contribution in [2.24, 2.45) is 17.8 Å². The Morgan fingerprint density at radius 3 is 1.80 bits per heavy atom. The molecule has 4 aliphatic rings. The molecule has 5 atom stereocenters. The second-order valence-corrected chi connectivity index (χ2v) is 20.8. The van der Waals surface area contributed by atoms with Crippen LogP contribution in [0.4, 0.5) is 22.0 Å². The highest BCUT2D eigenvalue weighted by Gasteiger charge is 2.55. The van der Waals surface area contributed by atoms with Gasteiger partial charge in [0.15, 0.2) is 0 Å². The highest BCUT2D eigenvalue weighted by molar-refractivity contribution is 5.84. The van der Waals surface area contributed by atoms with Crippen molar-refractivity contribution in [3.8, 4) is 33.8 Å². The molecule has 13 heteroatoms. The van der Waals surface area contributed by atoms with Gasteiger partial charge in [0.2, 0.25) is 11.8 Å². The van der Waals surface area contributed by atoms with Crippen molar-refractivity contribution < 1.29 is 41.0 Å². The summed E-state index contributed by atoms with van der Waals surface area (Å²) in [5, 5.41) is 6.40. The van der Waals surface area contributed by atoms with Crippen LogP contribution in [0.1, 0.15) is 68.3 Å². The first-order valence-electron chi connectivity index (χ1n) is 26.1. The van der Waals surface area contributed by atoms with Crippen molar-refractivity contribution in [3.63, 3.8) is 0 Å². The number of hydrogen-bond donors (Lipinski definition) is 2. The number of nitrogens with one attached hydrogen (secondary N) is 2. The molecule has 0 spiro atoms. The van der Waals surface area contributed by atoms with E-state index in [2.05, 4.69) is 39.8 Å². The van der Waals surface area contributed by atoms with Crippen molar-refractivity contribution in [1.82, 2.24) is 20.4 Å². The van der Waals surface area contributed by atoms with E-state index >= 15 is 0 Å². The first-order chi connectivity index (χ1) is 36.8. The van der Waals surface area contributed by atoms with Gasteiger partial charge in [-0.3, -0.25) is 19.4 Å². The quantitative estimate of drug-likeness (QED) is 0.0885. The predicted molar refractivity (Wildman–Crippen MR) is 282 cm³/mol. The molecule has 2 saturated carbocycles. The Morgan fingerprint density at radius 1 is 0.618 bits per heavy atom. The Labute approximate surface area is 439 Å². The molecule has 2 heterocycles. The van der Waals surface area contributed by atoms with Crippen LogP contribution >= 0.6 is 0 Å². The van der Waals surface area contributed by atoms with E-state index < -0.39 is 30.3 Å². The van der Waals surface area contributed by atoms with Gasteiger partial charge in [0.1, 0.15) is 23.1 Å². The lowest BCUT2D eigenvalue weighted by Gasteiger charge is -2.32. The molecule has 2 aliphatic carbocycles. The second-order valence-electron chi connectivity index (χ2n) is 20.8. The smallest absolute Gasteiger partial charge is 0.401 e. The van der Waals surface area contributed by atoms with Crippen LogP contribution in [-0.4, -0.2) is 61.1 Å². The number of ether oxygens (including phenoxy) is 2. The molecular formula is C63H59F5N4O4. The second kappa shape index (κ2) is 21.7. The third kappa shape index (κ3) is 11.4. The third-order valence-corrected chi connectivity index (χ3v) is 15.8. The number of nitrogens with zero attached hydrogens (tertiary/aromatic N) is 2. The van der Waals surface area contributed by atoms with Crippen LogP contribution in [0.5, 0.6) is 11.5 Å². The standard InChI is InChI=1S/C63H59F5N4O4/c1-75-48-16-8-14-42(28-48)50-20-19-45(57-36-72(25-23-53(50)57)38-63(66,67)68)33-70-62(74)60-58(59(60)41-12-6-3-7-13-41)37-76-49-17-9-15-43(29-49)51-21-18-44(32-69-61(73)55-31-54(55)40-10-4-2-5-11-40)56-35-71(24-22-52(51)56)34-39-26-46(64)30-47(65)27-39/h2-21,26-30,54-55,58-60H,22-25,31-38H2,1H3,(H,69,73)(H,70,74)/t54-,55+,58?,59?,60?/m1/s1. The minimum absolute atomic E-state index is 0.0259. The maximum atomic E-state index is 14.3. The Balaban J connectivity index is 0.805. The van der Waals surface area contributed by atoms with Crippen LogP contribution in [0.15, 0.2) is 152 Å². The number of alkyl halides is 3. The molecular weight excluding hydrogens is 972 g/mol. The number of benzene rings is 7. The average molecular weight is 1030 g/mol. The first kappa shape index (κ1) is 50.8. The molecule has 76 heavy (non-hydrogen) atoms. The lowest BCUT2D eigenvalue weighted by molar-refractivity contribution is -0.147. The summed E-state index contributed by atoms with van der Waals surface area (Å²) in [6, 6.07) is 47.3. The van der Waals surface area contributed by atoms with Crippen LogP contribution in [0, 0.1) is 29.4 Å². The van der Waals surface area contributed by atoms with Gasteiger partial charge in [-0.25, -0.2) is 8.78 Å². The lowest BCUT2D eigenvalue weighted by Crippen LogP contribution is -2.39. The molecule has 0 aromatic heterocycles. The van der Waals surface area contributed by atoms with Gasteiger partial charge in [-0.2, -0.15) is 13.2 Å². The summed E-state index contributed by atoms with van der Waals surface area (Å²) in [7, 11) is 1.60. The first-order valence-corrected chi connectivity index (χ1v) is 26.1. The molecule has 0 radical (unpaired) electrons. The summed E-state index contributed by atoms with van der Waals surface area (Å²) >= 11 is 0. The van der Waals surface area contributed by atoms with Crippen LogP contribution in [0.3, 0.4) is 0 Å². The van der Waals surface area contributed by atoms with Gasteiger partial charge >= 0.3 is 6.18 Å². The van der Waals surface area contributed by atoms with Crippen molar-refractivity contribution >= 4 is 11.8 Å². The fourth-order valence-electron chi connectivity index (χ4n) is 11.9. The Hall–Kier alpha value is -7.35. The predicted octanol–water partition coefficient (Wildman–Crippen LogP) is 11.9. The molecule has 0 bridgehead atoms. The highest BCUT2D eigenvalue weighted by Crippen LogP contribution is 2.54. The van der Waals surface area contributed by atoms with E-state index in [1.165, 1.54) is 22.6 Å². The normalized spacial score (nSPS) is 20.0. The van der Waals surface area contributed by atoms with Crippen molar-refractivity contribution in [2.45, 2.75) is 70.0 Å². The molecule has 2 fully saturated rings. The number of carbonyl (C=O) groups is 2. The Morgan fingerprint density at radius 2 is 1.18 bits per heavy atom. The van der Waals surface area contributed by atoms with E-state index in [4.69, 9.17) is 9.47 Å². The SMILES string of the molecule is COc1cccc(-c2ccc(CNC(=O)C3C(COc4cccc(-c5ccc(CNC(=O)[C@H]6C[C@@H]6c6ccccc6)c6c5CCN(Cc5cc(F)cc(F)c5)C6)c4)C3c3ccccc3)c3c2CCN(CC(F)(F)F)C3)c1. The van der Waals surface area contributed by atoms with Crippen molar-refractivity contribution in [1.29, 1.82) is 0 Å². The molecule has 2 N–H and O–H groups in total. The van der Waals surface area contributed by atoms with Crippen molar-refractivity contribution in [3.05, 3.63) is 213 Å². The maximum absolute atomic E-state index is 14.3. The van der Waals surface area contributed by atoms with Gasteiger partial charge in [-0.1, -0.05) is 109 Å². The maximum Gasteiger partial charge on any atom is 0.401 e. The van der Waals surface area contributed by atoms with E-state index in [1.54, 1.807) is 7.11 Å². The van der Waals surface area contributed by atoms with E-state index in [9.17, 15) is 31.5 Å². The molecule has 2 amide bonds. The van der Waals surface area contributed by atoms with Gasteiger partial charge in [0, 0.05) is 69.6 Å². The molecule has 3 unspecified atom stereocenters. The van der Waals surface area contributed by atoms with E-state index in [0.29, 0.717) is 56.1 Å². The van der Waals surface area contributed by atoms with E-state index in [-0.39, 0.29) is 61.7 Å². The fourth-order valence-corrected chi connectivity index (χ4v) is 11.9. The Kier molecular flexibility index (Phi) is 14.5. The van der Waals surface area contributed by atoms with Crippen LogP contribution in [0.25, 0.3) is 22.3 Å². The van der Waals surface area contributed by atoms with E-state index in [0.717, 1.165) is 73.7 Å². The number of hydrogen-bond acceptors (Lipinski definition) is 6. The average Bonchev–Trinajstić information content (AvgIpc) is 4.37. The zero-order chi connectivity index (χ0) is 52.5.